The summed E-state index contributed by atoms with van der Waals surface area (Å²) in [6.45, 7) is 2.54. The topological polar surface area (TPSA) is 67.6 Å². The summed E-state index contributed by atoms with van der Waals surface area (Å²) in [5.41, 5.74) is 7.50. The number of nitrogens with one attached hydrogen (secondary N) is 1. The Kier molecular flexibility index (Phi) is 9.03. The molecule has 1 amide bonds. The predicted molar refractivity (Wildman–Crippen MR) is 116 cm³/mol. The molecule has 158 valence electrons. The van der Waals surface area contributed by atoms with E-state index in [2.05, 4.69) is 34.5 Å². The van der Waals surface area contributed by atoms with Crippen molar-refractivity contribution in [3.63, 3.8) is 0 Å². The average molecular weight is 430 g/mol. The molecular formula is C21H33Cl2N3O2. The molecule has 3 N–H and O–H groups in total. The maximum atomic E-state index is 12.6. The Bertz CT molecular complexity index is 613. The monoisotopic (exact) mass is 429 g/mol. The number of nitrogens with zero attached hydrogens (tertiary/aromatic N) is 1. The molecule has 1 aliphatic carbocycles. The lowest BCUT2D eigenvalue weighted by Gasteiger charge is -2.35. The van der Waals surface area contributed by atoms with Gasteiger partial charge in [-0.05, 0) is 30.7 Å². The summed E-state index contributed by atoms with van der Waals surface area (Å²) in [6.07, 6.45) is 7.00. The van der Waals surface area contributed by atoms with Gasteiger partial charge in [-0.25, -0.2) is 0 Å². The van der Waals surface area contributed by atoms with Gasteiger partial charge in [0.1, 0.15) is 0 Å². The van der Waals surface area contributed by atoms with Gasteiger partial charge in [0.25, 0.3) is 0 Å². The summed E-state index contributed by atoms with van der Waals surface area (Å²) in [4.78, 5) is 15.1. The van der Waals surface area contributed by atoms with Gasteiger partial charge in [0.15, 0.2) is 0 Å². The Balaban J connectivity index is 0.00000140. The number of morpholine rings is 1. The Morgan fingerprint density at radius 2 is 1.82 bits per heavy atom. The number of nitrogens with two attached hydrogens (primary N) is 1. The van der Waals surface area contributed by atoms with Gasteiger partial charge in [0, 0.05) is 25.2 Å². The third-order valence-corrected chi connectivity index (χ3v) is 6.40. The van der Waals surface area contributed by atoms with Crippen LogP contribution in [0.2, 0.25) is 0 Å². The zero-order valence-electron chi connectivity index (χ0n) is 16.3. The van der Waals surface area contributed by atoms with Crippen molar-refractivity contribution >= 4 is 30.7 Å². The molecule has 1 aromatic carbocycles. The molecule has 28 heavy (non-hydrogen) atoms. The van der Waals surface area contributed by atoms with Crippen molar-refractivity contribution in [2.45, 2.75) is 62.8 Å². The van der Waals surface area contributed by atoms with Gasteiger partial charge in [-0.1, -0.05) is 49.6 Å². The molecule has 0 unspecified atom stereocenters. The molecule has 0 bridgehead atoms. The van der Waals surface area contributed by atoms with Crippen molar-refractivity contribution in [1.82, 2.24) is 10.2 Å². The van der Waals surface area contributed by atoms with Crippen LogP contribution in [0.5, 0.6) is 0 Å². The van der Waals surface area contributed by atoms with Gasteiger partial charge in [-0.3, -0.25) is 9.69 Å². The van der Waals surface area contributed by atoms with E-state index in [9.17, 15) is 4.79 Å². The van der Waals surface area contributed by atoms with Gasteiger partial charge in [-0.2, -0.15) is 0 Å². The summed E-state index contributed by atoms with van der Waals surface area (Å²) in [5.74, 6) is 0.404. The molecule has 2 aliphatic heterocycles. The van der Waals surface area contributed by atoms with Crippen LogP contribution in [0, 0.1) is 5.92 Å². The highest BCUT2D eigenvalue weighted by Crippen LogP contribution is 2.30. The van der Waals surface area contributed by atoms with Crippen molar-refractivity contribution in [3.8, 4) is 0 Å². The fraction of sp³-hybridized carbons (Fsp3) is 0.667. The molecule has 4 atom stereocenters. The largest absolute Gasteiger partial charge is 0.371 e. The highest BCUT2D eigenvalue weighted by atomic mass is 35.5. The zero-order chi connectivity index (χ0) is 17.9. The lowest BCUT2D eigenvalue weighted by molar-refractivity contribution is -0.124. The zero-order valence-corrected chi connectivity index (χ0v) is 17.9. The van der Waals surface area contributed by atoms with Crippen LogP contribution in [0.3, 0.4) is 0 Å². The fourth-order valence-electron chi connectivity index (χ4n) is 4.85. The van der Waals surface area contributed by atoms with Gasteiger partial charge in [0.2, 0.25) is 5.91 Å². The van der Waals surface area contributed by atoms with Crippen molar-refractivity contribution in [1.29, 1.82) is 0 Å². The third kappa shape index (κ3) is 5.39. The number of benzene rings is 1. The van der Waals surface area contributed by atoms with Crippen LogP contribution in [-0.4, -0.2) is 48.6 Å². The quantitative estimate of drug-likeness (QED) is 0.771. The normalized spacial score (nSPS) is 29.1. The number of halogens is 2. The van der Waals surface area contributed by atoms with Crippen LogP contribution in [0.25, 0.3) is 0 Å². The van der Waals surface area contributed by atoms with Gasteiger partial charge < -0.3 is 15.8 Å². The number of hydrogen-bond acceptors (Lipinski definition) is 4. The summed E-state index contributed by atoms with van der Waals surface area (Å²) in [6, 6.07) is 10.7. The molecule has 1 saturated carbocycles. The molecule has 3 fully saturated rings. The lowest BCUT2D eigenvalue weighted by Crippen LogP contribution is -2.50. The first-order chi connectivity index (χ1) is 12.7. The van der Waals surface area contributed by atoms with E-state index in [4.69, 9.17) is 10.5 Å². The van der Waals surface area contributed by atoms with Crippen molar-refractivity contribution < 1.29 is 9.53 Å². The van der Waals surface area contributed by atoms with Crippen LogP contribution in [0.1, 0.15) is 50.2 Å². The minimum Gasteiger partial charge on any atom is -0.371 e. The predicted octanol–water partition coefficient (Wildman–Crippen LogP) is 3.07. The van der Waals surface area contributed by atoms with E-state index in [1.54, 1.807) is 0 Å². The smallest absolute Gasteiger partial charge is 0.237 e. The third-order valence-electron chi connectivity index (χ3n) is 6.40. The first kappa shape index (κ1) is 23.4. The molecular weight excluding hydrogens is 397 g/mol. The van der Waals surface area contributed by atoms with E-state index in [1.165, 1.54) is 24.8 Å². The molecule has 2 heterocycles. The lowest BCUT2D eigenvalue weighted by atomic mass is 9.84. The van der Waals surface area contributed by atoms with Crippen LogP contribution in [0.4, 0.5) is 0 Å². The molecule has 4 rings (SSSR count). The molecule has 0 spiro atoms. The maximum Gasteiger partial charge on any atom is 0.237 e. The van der Waals surface area contributed by atoms with Crippen LogP contribution < -0.4 is 11.1 Å². The van der Waals surface area contributed by atoms with Crippen LogP contribution >= 0.6 is 24.8 Å². The van der Waals surface area contributed by atoms with Crippen molar-refractivity contribution in [2.75, 3.05) is 19.7 Å². The average Bonchev–Trinajstić information content (AvgIpc) is 3.10. The summed E-state index contributed by atoms with van der Waals surface area (Å²) in [7, 11) is 0. The second-order valence-corrected chi connectivity index (χ2v) is 8.21. The first-order valence-corrected chi connectivity index (χ1v) is 10.2. The number of carbonyl (C=O) groups excluding carboxylic acids is 1. The molecule has 1 aromatic rings. The van der Waals surface area contributed by atoms with Gasteiger partial charge >= 0.3 is 0 Å². The Morgan fingerprint density at radius 1 is 1.11 bits per heavy atom. The second kappa shape index (κ2) is 10.8. The van der Waals surface area contributed by atoms with E-state index in [0.29, 0.717) is 12.0 Å². The summed E-state index contributed by atoms with van der Waals surface area (Å²) >= 11 is 0. The van der Waals surface area contributed by atoms with Crippen molar-refractivity contribution in [2.24, 2.45) is 11.7 Å². The van der Waals surface area contributed by atoms with E-state index in [0.717, 1.165) is 39.0 Å². The Labute approximate surface area is 180 Å². The van der Waals surface area contributed by atoms with E-state index in [1.807, 2.05) is 6.07 Å². The number of hydrogen-bond donors (Lipinski definition) is 2. The van der Waals surface area contributed by atoms with E-state index >= 15 is 0 Å². The van der Waals surface area contributed by atoms with Gasteiger partial charge in [0.05, 0.1) is 18.8 Å². The SMILES string of the molecule is Cl.Cl.N[C@H](C(=O)N[C@@H]1C[C@H]2CO[C@@H](c3ccccc3)CN2C1)C1CCCCC1. The minimum atomic E-state index is -0.346. The highest BCUT2D eigenvalue weighted by Gasteiger charge is 2.39. The highest BCUT2D eigenvalue weighted by molar-refractivity contribution is 5.85. The van der Waals surface area contributed by atoms with Crippen molar-refractivity contribution in [3.05, 3.63) is 35.9 Å². The summed E-state index contributed by atoms with van der Waals surface area (Å²) < 4.78 is 6.09. The van der Waals surface area contributed by atoms with Gasteiger partial charge in [-0.15, -0.1) is 24.8 Å². The summed E-state index contributed by atoms with van der Waals surface area (Å²) in [5, 5.41) is 3.23. The number of amides is 1. The molecule has 7 heteroatoms. The molecule has 5 nitrogen and oxygen atoms in total. The number of ether oxygens (including phenoxy) is 1. The van der Waals surface area contributed by atoms with E-state index in [-0.39, 0.29) is 48.9 Å². The number of fused-ring (bicyclic) bond motifs is 1. The van der Waals surface area contributed by atoms with Crippen LogP contribution in [-0.2, 0) is 9.53 Å². The molecule has 0 radical (unpaired) electrons. The minimum absolute atomic E-state index is 0. The standard InChI is InChI=1S/C21H31N3O2.2ClH/c22-20(16-9-5-2-6-10-16)21(25)23-17-11-18-14-26-19(13-24(18)12-17)15-7-3-1-4-8-15;;/h1,3-4,7-8,16-20H,2,5-6,9-14,22H2,(H,23,25);2*1H/t17-,18+,19-,20+;;/m1../s1. The van der Waals surface area contributed by atoms with Crippen LogP contribution in [0.15, 0.2) is 30.3 Å². The Morgan fingerprint density at radius 3 is 2.54 bits per heavy atom. The number of carbonyl (C=O) groups is 1. The fourth-order valence-corrected chi connectivity index (χ4v) is 4.85. The number of rotatable bonds is 4. The molecule has 2 saturated heterocycles. The molecule has 0 aromatic heterocycles. The first-order valence-electron chi connectivity index (χ1n) is 10.2. The Hall–Kier alpha value is -0.850. The molecule has 3 aliphatic rings. The van der Waals surface area contributed by atoms with E-state index < -0.39 is 0 Å². The maximum absolute atomic E-state index is 12.6. The second-order valence-electron chi connectivity index (χ2n) is 8.21.